The highest BCUT2D eigenvalue weighted by molar-refractivity contribution is 7.89. The molecule has 5 nitrogen and oxygen atoms in total. The van der Waals surface area contributed by atoms with Crippen LogP contribution in [0.25, 0.3) is 0 Å². The van der Waals surface area contributed by atoms with Crippen molar-refractivity contribution in [2.45, 2.75) is 11.3 Å². The second-order valence-electron chi connectivity index (χ2n) is 5.88. The van der Waals surface area contributed by atoms with Crippen molar-refractivity contribution in [1.82, 2.24) is 14.5 Å². The quantitative estimate of drug-likeness (QED) is 0.885. The lowest BCUT2D eigenvalue weighted by atomic mass is 10.1. The molecule has 0 aliphatic carbocycles. The van der Waals surface area contributed by atoms with Gasteiger partial charge in [0.2, 0.25) is 10.0 Å². The van der Waals surface area contributed by atoms with Crippen LogP contribution in [-0.4, -0.2) is 63.4 Å². The number of nitrogens with zero attached hydrogens (tertiary/aromatic N) is 2. The van der Waals surface area contributed by atoms with Crippen LogP contribution < -0.4 is 5.32 Å². The van der Waals surface area contributed by atoms with E-state index in [1.54, 1.807) is 28.6 Å². The molecule has 0 saturated carbocycles. The molecule has 0 amide bonds. The molecule has 1 aromatic carbocycles. The lowest BCUT2D eigenvalue weighted by Gasteiger charge is -2.35. The van der Waals surface area contributed by atoms with Crippen molar-refractivity contribution >= 4 is 10.0 Å². The summed E-state index contributed by atoms with van der Waals surface area (Å²) < 4.78 is 26.7. The lowest BCUT2D eigenvalue weighted by molar-refractivity contribution is 0.168. The third kappa shape index (κ3) is 3.45. The van der Waals surface area contributed by atoms with E-state index in [-0.39, 0.29) is 0 Å². The van der Waals surface area contributed by atoms with Crippen LogP contribution in [0.5, 0.6) is 0 Å². The SMILES string of the molecule is O=S(=O)(c1ccccc1)N1CCN(C[C@H]2CCNC2)CC1. The fourth-order valence-corrected chi connectivity index (χ4v) is 4.57. The molecule has 0 spiro atoms. The van der Waals surface area contributed by atoms with Crippen molar-refractivity contribution in [3.8, 4) is 0 Å². The van der Waals surface area contributed by atoms with Crippen molar-refractivity contribution in [3.63, 3.8) is 0 Å². The maximum absolute atomic E-state index is 12.5. The summed E-state index contributed by atoms with van der Waals surface area (Å²) in [5, 5.41) is 3.38. The number of sulfonamides is 1. The van der Waals surface area contributed by atoms with Gasteiger partial charge >= 0.3 is 0 Å². The van der Waals surface area contributed by atoms with Crippen LogP contribution in [0.1, 0.15) is 6.42 Å². The van der Waals surface area contributed by atoms with Crippen LogP contribution in [0.3, 0.4) is 0 Å². The summed E-state index contributed by atoms with van der Waals surface area (Å²) in [6.45, 7) is 6.17. The van der Waals surface area contributed by atoms with E-state index in [0.717, 1.165) is 38.6 Å². The van der Waals surface area contributed by atoms with Crippen molar-refractivity contribution < 1.29 is 8.42 Å². The Kier molecular flexibility index (Phi) is 4.59. The van der Waals surface area contributed by atoms with Gasteiger partial charge in [0.05, 0.1) is 4.90 Å². The zero-order chi connectivity index (χ0) is 14.7. The summed E-state index contributed by atoms with van der Waals surface area (Å²) in [6, 6.07) is 8.73. The first kappa shape index (κ1) is 15.0. The van der Waals surface area contributed by atoms with E-state index in [1.165, 1.54) is 6.42 Å². The number of rotatable bonds is 4. The lowest BCUT2D eigenvalue weighted by Crippen LogP contribution is -2.49. The number of hydrogen-bond donors (Lipinski definition) is 1. The second kappa shape index (κ2) is 6.44. The van der Waals surface area contributed by atoms with Gasteiger partial charge in [0.25, 0.3) is 0 Å². The molecule has 1 atom stereocenters. The van der Waals surface area contributed by atoms with Gasteiger partial charge in [-0.05, 0) is 37.6 Å². The van der Waals surface area contributed by atoms with Gasteiger partial charge < -0.3 is 10.2 Å². The monoisotopic (exact) mass is 309 g/mol. The zero-order valence-corrected chi connectivity index (χ0v) is 13.1. The van der Waals surface area contributed by atoms with Crippen molar-refractivity contribution in [3.05, 3.63) is 30.3 Å². The van der Waals surface area contributed by atoms with Gasteiger partial charge in [-0.15, -0.1) is 0 Å². The molecule has 0 radical (unpaired) electrons. The van der Waals surface area contributed by atoms with Crippen LogP contribution in [0, 0.1) is 5.92 Å². The molecule has 2 saturated heterocycles. The summed E-state index contributed by atoms with van der Waals surface area (Å²) in [5.41, 5.74) is 0. The molecule has 2 heterocycles. The van der Waals surface area contributed by atoms with Crippen LogP contribution in [0.15, 0.2) is 35.2 Å². The Bertz CT molecular complexity index is 548. The minimum Gasteiger partial charge on any atom is -0.316 e. The standard InChI is InChI=1S/C15H23N3O2S/c19-21(20,15-4-2-1-3-5-15)18-10-8-17(9-11-18)13-14-6-7-16-12-14/h1-5,14,16H,6-13H2/t14-/m0/s1. The molecule has 0 unspecified atom stereocenters. The smallest absolute Gasteiger partial charge is 0.243 e. The molecular formula is C15H23N3O2S. The maximum Gasteiger partial charge on any atom is 0.243 e. The number of piperazine rings is 1. The van der Waals surface area contributed by atoms with E-state index in [2.05, 4.69) is 10.2 Å². The normalized spacial score (nSPS) is 25.2. The first-order valence-electron chi connectivity index (χ1n) is 7.64. The molecule has 1 N–H and O–H groups in total. The molecule has 21 heavy (non-hydrogen) atoms. The predicted molar refractivity (Wildman–Crippen MR) is 82.6 cm³/mol. The molecule has 3 rings (SSSR count). The van der Waals surface area contributed by atoms with E-state index < -0.39 is 10.0 Å². The first-order valence-corrected chi connectivity index (χ1v) is 9.08. The number of benzene rings is 1. The van der Waals surface area contributed by atoms with E-state index >= 15 is 0 Å². The van der Waals surface area contributed by atoms with Gasteiger partial charge in [0, 0.05) is 32.7 Å². The summed E-state index contributed by atoms with van der Waals surface area (Å²) >= 11 is 0. The average Bonchev–Trinajstić information content (AvgIpc) is 3.02. The van der Waals surface area contributed by atoms with Crippen molar-refractivity contribution in [2.75, 3.05) is 45.8 Å². The Balaban J connectivity index is 1.58. The topological polar surface area (TPSA) is 52.7 Å². The van der Waals surface area contributed by atoms with Gasteiger partial charge in [-0.25, -0.2) is 8.42 Å². The molecule has 2 aliphatic heterocycles. The van der Waals surface area contributed by atoms with Gasteiger partial charge in [-0.2, -0.15) is 4.31 Å². The molecular weight excluding hydrogens is 286 g/mol. The van der Waals surface area contributed by atoms with Gasteiger partial charge in [0.1, 0.15) is 0 Å². The van der Waals surface area contributed by atoms with Crippen molar-refractivity contribution in [2.24, 2.45) is 5.92 Å². The molecule has 116 valence electrons. The minimum absolute atomic E-state index is 0.401. The average molecular weight is 309 g/mol. The Morgan fingerprint density at radius 3 is 2.43 bits per heavy atom. The zero-order valence-electron chi connectivity index (χ0n) is 12.2. The Hall–Kier alpha value is -0.950. The molecule has 6 heteroatoms. The Morgan fingerprint density at radius 1 is 1.10 bits per heavy atom. The van der Waals surface area contributed by atoms with E-state index in [9.17, 15) is 8.42 Å². The van der Waals surface area contributed by atoms with Gasteiger partial charge in [-0.3, -0.25) is 0 Å². The van der Waals surface area contributed by atoms with Crippen molar-refractivity contribution in [1.29, 1.82) is 0 Å². The van der Waals surface area contributed by atoms with Crippen LogP contribution in [0.4, 0.5) is 0 Å². The summed E-state index contributed by atoms with van der Waals surface area (Å²) in [4.78, 5) is 2.80. The summed E-state index contributed by atoms with van der Waals surface area (Å²) in [6.07, 6.45) is 1.24. The highest BCUT2D eigenvalue weighted by Crippen LogP contribution is 2.18. The van der Waals surface area contributed by atoms with Gasteiger partial charge in [-0.1, -0.05) is 18.2 Å². The summed E-state index contributed by atoms with van der Waals surface area (Å²) in [7, 11) is -3.32. The highest BCUT2D eigenvalue weighted by atomic mass is 32.2. The molecule has 0 bridgehead atoms. The second-order valence-corrected chi connectivity index (χ2v) is 7.81. The van der Waals surface area contributed by atoms with E-state index in [1.807, 2.05) is 6.07 Å². The van der Waals surface area contributed by atoms with Gasteiger partial charge in [0.15, 0.2) is 0 Å². The number of hydrogen-bond acceptors (Lipinski definition) is 4. The van der Waals surface area contributed by atoms with Crippen LogP contribution in [0.2, 0.25) is 0 Å². The third-order valence-electron chi connectivity index (χ3n) is 4.39. The van der Waals surface area contributed by atoms with Crippen LogP contribution in [-0.2, 0) is 10.0 Å². The fourth-order valence-electron chi connectivity index (χ4n) is 3.13. The molecule has 1 aromatic rings. The molecule has 2 fully saturated rings. The third-order valence-corrected chi connectivity index (χ3v) is 6.30. The number of nitrogens with one attached hydrogen (secondary N) is 1. The molecule has 2 aliphatic rings. The van der Waals surface area contributed by atoms with E-state index in [4.69, 9.17) is 0 Å². The molecule has 0 aromatic heterocycles. The Morgan fingerprint density at radius 2 is 1.81 bits per heavy atom. The first-order chi connectivity index (χ1) is 10.2. The summed E-state index contributed by atoms with van der Waals surface area (Å²) in [5.74, 6) is 0.724. The fraction of sp³-hybridized carbons (Fsp3) is 0.600. The Labute approximate surface area is 127 Å². The maximum atomic E-state index is 12.5. The minimum atomic E-state index is -3.32. The highest BCUT2D eigenvalue weighted by Gasteiger charge is 2.29. The predicted octanol–water partition coefficient (Wildman–Crippen LogP) is 0.602. The van der Waals surface area contributed by atoms with E-state index in [0.29, 0.717) is 18.0 Å². The van der Waals surface area contributed by atoms with Crippen LogP contribution >= 0.6 is 0 Å². The largest absolute Gasteiger partial charge is 0.316 e.